The van der Waals surface area contributed by atoms with Gasteiger partial charge in [-0.15, -0.1) is 0 Å². The Morgan fingerprint density at radius 3 is 2.30 bits per heavy atom. The number of hydrogen-bond donors (Lipinski definition) is 0. The first kappa shape index (κ1) is 6.62. The van der Waals surface area contributed by atoms with Gasteiger partial charge in [0.2, 0.25) is 0 Å². The maximum Gasteiger partial charge on any atom is 0.0472 e. The summed E-state index contributed by atoms with van der Waals surface area (Å²) in [6, 6.07) is 0. The maximum atomic E-state index is 5.30. The minimum Gasteiger partial charge on any atom is -0.458 e. The molecule has 2 heterocycles. The van der Waals surface area contributed by atoms with Gasteiger partial charge in [-0.1, -0.05) is 0 Å². The normalized spacial score (nSPS) is 32.1. The molecule has 2 fully saturated rings. The fraction of sp³-hybridized carbons (Fsp3) is 0.875. The molecule has 2 heteroatoms. The van der Waals surface area contributed by atoms with Gasteiger partial charge in [0.05, 0.1) is 0 Å². The van der Waals surface area contributed by atoms with Crippen LogP contribution in [0.4, 0.5) is 0 Å². The van der Waals surface area contributed by atoms with Crippen molar-refractivity contribution in [1.29, 1.82) is 0 Å². The van der Waals surface area contributed by atoms with Crippen molar-refractivity contribution in [3.05, 3.63) is 7.05 Å². The molecule has 0 atom stereocenters. The Balaban J connectivity index is 1.90. The number of likely N-dealkylation sites (tertiary alicyclic amines) is 1. The van der Waals surface area contributed by atoms with E-state index in [9.17, 15) is 0 Å². The summed E-state index contributed by atoms with van der Waals surface area (Å²) in [5, 5.41) is 0. The fourth-order valence-electron chi connectivity index (χ4n) is 2.02. The van der Waals surface area contributed by atoms with Crippen molar-refractivity contribution >= 4 is 0 Å². The second kappa shape index (κ2) is 2.21. The van der Waals surface area contributed by atoms with Crippen molar-refractivity contribution in [1.82, 2.24) is 4.90 Å². The summed E-state index contributed by atoms with van der Waals surface area (Å²) in [5.74, 6) is 0. The van der Waals surface area contributed by atoms with Gasteiger partial charge >= 0.3 is 0 Å². The second-order valence-corrected chi connectivity index (χ2v) is 3.60. The number of hydrogen-bond acceptors (Lipinski definition) is 2. The van der Waals surface area contributed by atoms with Crippen LogP contribution in [0.25, 0.3) is 0 Å². The first-order valence-corrected chi connectivity index (χ1v) is 3.94. The quantitative estimate of drug-likeness (QED) is 0.463. The van der Waals surface area contributed by atoms with Gasteiger partial charge < -0.3 is 9.64 Å². The van der Waals surface area contributed by atoms with Gasteiger partial charge in [-0.25, -0.2) is 0 Å². The highest BCUT2D eigenvalue weighted by atomic mass is 16.5. The summed E-state index contributed by atoms with van der Waals surface area (Å²) in [6.07, 6.45) is 2.50. The SMILES string of the molecule is [CH2-]N1CC2(CCOCC2)C1. The van der Waals surface area contributed by atoms with Crippen LogP contribution in [0.5, 0.6) is 0 Å². The van der Waals surface area contributed by atoms with Crippen LogP contribution in [-0.4, -0.2) is 31.2 Å². The van der Waals surface area contributed by atoms with Crippen molar-refractivity contribution in [2.24, 2.45) is 5.41 Å². The van der Waals surface area contributed by atoms with E-state index in [1.165, 1.54) is 25.9 Å². The van der Waals surface area contributed by atoms with Crippen molar-refractivity contribution < 1.29 is 4.74 Å². The van der Waals surface area contributed by atoms with Crippen LogP contribution in [-0.2, 0) is 4.74 Å². The first-order chi connectivity index (χ1) is 4.81. The van der Waals surface area contributed by atoms with Crippen LogP contribution in [0.1, 0.15) is 12.8 Å². The van der Waals surface area contributed by atoms with E-state index in [0.29, 0.717) is 5.41 Å². The molecule has 2 nitrogen and oxygen atoms in total. The van der Waals surface area contributed by atoms with E-state index in [1.54, 1.807) is 0 Å². The van der Waals surface area contributed by atoms with Gasteiger partial charge in [0.15, 0.2) is 0 Å². The molecule has 0 amide bonds. The topological polar surface area (TPSA) is 12.5 Å². The molecule has 2 aliphatic heterocycles. The lowest BCUT2D eigenvalue weighted by Gasteiger charge is -2.55. The third-order valence-corrected chi connectivity index (χ3v) is 2.67. The molecule has 2 saturated heterocycles. The lowest BCUT2D eigenvalue weighted by atomic mass is 9.74. The molecule has 0 aromatic rings. The second-order valence-electron chi connectivity index (χ2n) is 3.60. The molecule has 0 radical (unpaired) electrons. The Morgan fingerprint density at radius 2 is 1.80 bits per heavy atom. The van der Waals surface area contributed by atoms with Gasteiger partial charge in [0.1, 0.15) is 0 Å². The molecule has 58 valence electrons. The molecule has 2 rings (SSSR count). The molecule has 10 heavy (non-hydrogen) atoms. The van der Waals surface area contributed by atoms with Gasteiger partial charge in [0.25, 0.3) is 0 Å². The van der Waals surface area contributed by atoms with Crippen LogP contribution in [0, 0.1) is 12.5 Å². The third kappa shape index (κ3) is 0.956. The molecule has 0 aromatic carbocycles. The molecular formula is C8H14NO-. The van der Waals surface area contributed by atoms with E-state index >= 15 is 0 Å². The van der Waals surface area contributed by atoms with Crippen LogP contribution in [0.2, 0.25) is 0 Å². The zero-order valence-electron chi connectivity index (χ0n) is 6.31. The summed E-state index contributed by atoms with van der Waals surface area (Å²) in [5.41, 5.74) is 0.611. The molecule has 1 spiro atoms. The average molecular weight is 140 g/mol. The van der Waals surface area contributed by atoms with Crippen molar-refractivity contribution in [2.45, 2.75) is 12.8 Å². The summed E-state index contributed by atoms with van der Waals surface area (Å²) in [4.78, 5) is 2.14. The molecule has 2 aliphatic rings. The van der Waals surface area contributed by atoms with Crippen molar-refractivity contribution in [3.8, 4) is 0 Å². The van der Waals surface area contributed by atoms with E-state index < -0.39 is 0 Å². The lowest BCUT2D eigenvalue weighted by Crippen LogP contribution is -2.55. The molecule has 0 unspecified atom stereocenters. The van der Waals surface area contributed by atoms with E-state index in [-0.39, 0.29) is 0 Å². The minimum atomic E-state index is 0.611. The molecule has 0 aliphatic carbocycles. The largest absolute Gasteiger partial charge is 0.458 e. The predicted octanol–water partition coefficient (Wildman–Crippen LogP) is 0.890. The Labute approximate surface area is 62.2 Å². The van der Waals surface area contributed by atoms with E-state index in [0.717, 1.165) is 13.2 Å². The lowest BCUT2D eigenvalue weighted by molar-refractivity contribution is -0.0626. The monoisotopic (exact) mass is 140 g/mol. The smallest absolute Gasteiger partial charge is 0.0472 e. The van der Waals surface area contributed by atoms with E-state index in [2.05, 4.69) is 11.9 Å². The predicted molar refractivity (Wildman–Crippen MR) is 39.4 cm³/mol. The highest BCUT2D eigenvalue weighted by molar-refractivity contribution is 4.95. The van der Waals surface area contributed by atoms with Gasteiger partial charge in [-0.3, -0.25) is 7.05 Å². The molecule has 0 saturated carbocycles. The molecular weight excluding hydrogens is 126 g/mol. The standard InChI is InChI=1S/C8H14NO/c1-9-6-8(7-9)2-4-10-5-3-8/h1-7H2/q-1. The summed E-state index contributed by atoms with van der Waals surface area (Å²) >= 11 is 0. The Bertz CT molecular complexity index is 114. The zero-order valence-corrected chi connectivity index (χ0v) is 6.31. The summed E-state index contributed by atoms with van der Waals surface area (Å²) in [6.45, 7) is 4.31. The van der Waals surface area contributed by atoms with Gasteiger partial charge in [0, 0.05) is 13.2 Å². The number of rotatable bonds is 0. The Morgan fingerprint density at radius 1 is 1.20 bits per heavy atom. The third-order valence-electron chi connectivity index (χ3n) is 2.67. The highest BCUT2D eigenvalue weighted by Gasteiger charge is 2.38. The highest BCUT2D eigenvalue weighted by Crippen LogP contribution is 2.38. The van der Waals surface area contributed by atoms with Crippen LogP contribution < -0.4 is 0 Å². The molecule has 0 bridgehead atoms. The average Bonchev–Trinajstić information content (AvgIpc) is 1.87. The Hall–Kier alpha value is -0.0800. The minimum absolute atomic E-state index is 0.611. The van der Waals surface area contributed by atoms with E-state index in [4.69, 9.17) is 4.74 Å². The summed E-state index contributed by atoms with van der Waals surface area (Å²) in [7, 11) is 3.89. The maximum absolute atomic E-state index is 5.30. The number of nitrogens with zero attached hydrogens (tertiary/aromatic N) is 1. The van der Waals surface area contributed by atoms with Gasteiger partial charge in [-0.05, 0) is 31.3 Å². The fourth-order valence-corrected chi connectivity index (χ4v) is 2.02. The van der Waals surface area contributed by atoms with E-state index in [1.807, 2.05) is 0 Å². The number of ether oxygens (including phenoxy) is 1. The Kier molecular flexibility index (Phi) is 1.46. The van der Waals surface area contributed by atoms with Gasteiger partial charge in [-0.2, -0.15) is 0 Å². The van der Waals surface area contributed by atoms with Crippen molar-refractivity contribution in [3.63, 3.8) is 0 Å². The van der Waals surface area contributed by atoms with Crippen LogP contribution in [0.3, 0.4) is 0 Å². The van der Waals surface area contributed by atoms with Crippen molar-refractivity contribution in [2.75, 3.05) is 26.3 Å². The van der Waals surface area contributed by atoms with Crippen LogP contribution in [0.15, 0.2) is 0 Å². The molecule has 0 aromatic heterocycles. The molecule has 0 N–H and O–H groups in total. The van der Waals surface area contributed by atoms with Crippen LogP contribution >= 0.6 is 0 Å². The summed E-state index contributed by atoms with van der Waals surface area (Å²) < 4.78 is 5.30. The zero-order chi connectivity index (χ0) is 7.03. The first-order valence-electron chi connectivity index (χ1n) is 3.94.